The van der Waals surface area contributed by atoms with Gasteiger partial charge in [-0.2, -0.15) is 0 Å². The fourth-order valence-electron chi connectivity index (χ4n) is 1.99. The van der Waals surface area contributed by atoms with Crippen molar-refractivity contribution in [3.63, 3.8) is 0 Å². The summed E-state index contributed by atoms with van der Waals surface area (Å²) in [5.74, 6) is 0.804. The molecule has 0 heterocycles. The van der Waals surface area contributed by atoms with Crippen molar-refractivity contribution in [2.75, 3.05) is 0 Å². The van der Waals surface area contributed by atoms with E-state index in [0.717, 1.165) is 10.8 Å². The number of ether oxygens (including phenoxy) is 1. The van der Waals surface area contributed by atoms with Crippen molar-refractivity contribution in [3.8, 4) is 28.7 Å². The molecule has 0 aliphatic heterocycles. The van der Waals surface area contributed by atoms with Gasteiger partial charge in [-0.15, -0.1) is 0 Å². The molecule has 4 nitrogen and oxygen atoms in total. The number of rotatable bonds is 2. The van der Waals surface area contributed by atoms with Gasteiger partial charge in [0.15, 0.2) is 11.5 Å². The first-order chi connectivity index (χ1) is 9.61. The molecule has 0 unspecified atom stereocenters. The average molecular weight is 268 g/mol. The molecule has 3 aromatic rings. The molecule has 0 aliphatic rings. The maximum Gasteiger partial charge on any atom is 0.172 e. The zero-order chi connectivity index (χ0) is 14.1. The van der Waals surface area contributed by atoms with Gasteiger partial charge in [0.1, 0.15) is 17.2 Å². The fourth-order valence-corrected chi connectivity index (χ4v) is 1.99. The van der Waals surface area contributed by atoms with Crippen molar-refractivity contribution in [2.24, 2.45) is 0 Å². The Bertz CT molecular complexity index is 781. The molecule has 0 fully saturated rings. The van der Waals surface area contributed by atoms with Crippen LogP contribution in [-0.2, 0) is 0 Å². The Kier molecular flexibility index (Phi) is 2.84. The van der Waals surface area contributed by atoms with Crippen LogP contribution in [0.25, 0.3) is 10.8 Å². The monoisotopic (exact) mass is 268 g/mol. The van der Waals surface area contributed by atoms with Crippen LogP contribution in [0.5, 0.6) is 28.7 Å². The van der Waals surface area contributed by atoms with Crippen LogP contribution in [-0.4, -0.2) is 15.3 Å². The summed E-state index contributed by atoms with van der Waals surface area (Å²) in [7, 11) is 0. The Labute approximate surface area is 115 Å². The van der Waals surface area contributed by atoms with Gasteiger partial charge in [0.2, 0.25) is 0 Å². The largest absolute Gasteiger partial charge is 0.508 e. The minimum absolute atomic E-state index is 0.0104. The van der Waals surface area contributed by atoms with Crippen molar-refractivity contribution in [2.45, 2.75) is 0 Å². The number of aromatic hydroxyl groups is 3. The SMILES string of the molecule is Oc1ccc(O)c(Oc2ccc3ccc(O)cc3c2)c1. The maximum absolute atomic E-state index is 9.68. The van der Waals surface area contributed by atoms with E-state index in [0.29, 0.717) is 5.75 Å². The highest BCUT2D eigenvalue weighted by atomic mass is 16.5. The summed E-state index contributed by atoms with van der Waals surface area (Å²) in [4.78, 5) is 0. The van der Waals surface area contributed by atoms with E-state index in [1.807, 2.05) is 6.07 Å². The zero-order valence-electron chi connectivity index (χ0n) is 10.4. The molecule has 3 rings (SSSR count). The van der Waals surface area contributed by atoms with Gasteiger partial charge in [0.05, 0.1) is 0 Å². The van der Waals surface area contributed by atoms with E-state index in [9.17, 15) is 15.3 Å². The lowest BCUT2D eigenvalue weighted by Crippen LogP contribution is -1.85. The van der Waals surface area contributed by atoms with E-state index in [4.69, 9.17) is 4.74 Å². The summed E-state index contributed by atoms with van der Waals surface area (Å²) >= 11 is 0. The summed E-state index contributed by atoms with van der Waals surface area (Å²) in [5.41, 5.74) is 0. The van der Waals surface area contributed by atoms with Crippen molar-refractivity contribution in [1.29, 1.82) is 0 Å². The van der Waals surface area contributed by atoms with Crippen molar-refractivity contribution >= 4 is 10.8 Å². The maximum atomic E-state index is 9.68. The van der Waals surface area contributed by atoms with Gasteiger partial charge < -0.3 is 20.1 Å². The number of hydrogen-bond acceptors (Lipinski definition) is 4. The molecule has 100 valence electrons. The van der Waals surface area contributed by atoms with Gasteiger partial charge in [-0.25, -0.2) is 0 Å². The Morgan fingerprint density at radius 1 is 0.650 bits per heavy atom. The molecule has 0 saturated carbocycles. The number of fused-ring (bicyclic) bond motifs is 1. The highest BCUT2D eigenvalue weighted by Crippen LogP contribution is 2.34. The van der Waals surface area contributed by atoms with Gasteiger partial charge in [-0.3, -0.25) is 0 Å². The van der Waals surface area contributed by atoms with Crippen LogP contribution >= 0.6 is 0 Å². The molecule has 3 aromatic carbocycles. The molecule has 0 radical (unpaired) electrons. The van der Waals surface area contributed by atoms with E-state index in [2.05, 4.69) is 0 Å². The molecule has 0 amide bonds. The Balaban J connectivity index is 2.00. The molecule has 3 N–H and O–H groups in total. The van der Waals surface area contributed by atoms with Crippen LogP contribution in [0, 0.1) is 0 Å². The van der Waals surface area contributed by atoms with Gasteiger partial charge in [0.25, 0.3) is 0 Å². The van der Waals surface area contributed by atoms with E-state index in [-0.39, 0.29) is 23.0 Å². The first-order valence-electron chi connectivity index (χ1n) is 6.04. The summed E-state index contributed by atoms with van der Waals surface area (Å²) < 4.78 is 5.55. The predicted octanol–water partition coefficient (Wildman–Crippen LogP) is 3.75. The lowest BCUT2D eigenvalue weighted by atomic mass is 10.1. The normalized spacial score (nSPS) is 10.6. The van der Waals surface area contributed by atoms with Crippen LogP contribution < -0.4 is 4.74 Å². The Hall–Kier alpha value is -2.88. The standard InChI is InChI=1S/C16H12O4/c17-12-3-1-10-2-5-14(8-11(10)7-12)20-16-9-13(18)4-6-15(16)19/h1-9,17-19H. The second-order valence-electron chi connectivity index (χ2n) is 4.45. The van der Waals surface area contributed by atoms with Gasteiger partial charge in [0, 0.05) is 6.07 Å². The lowest BCUT2D eigenvalue weighted by molar-refractivity contribution is 0.404. The highest BCUT2D eigenvalue weighted by molar-refractivity contribution is 5.85. The van der Waals surface area contributed by atoms with Crippen LogP contribution in [0.3, 0.4) is 0 Å². The summed E-state index contributed by atoms with van der Waals surface area (Å²) in [6.45, 7) is 0. The van der Waals surface area contributed by atoms with E-state index >= 15 is 0 Å². The van der Waals surface area contributed by atoms with Crippen LogP contribution in [0.15, 0.2) is 54.6 Å². The molecule has 0 aromatic heterocycles. The molecule has 4 heteroatoms. The van der Waals surface area contributed by atoms with Crippen molar-refractivity contribution in [3.05, 3.63) is 54.6 Å². The van der Waals surface area contributed by atoms with Crippen molar-refractivity contribution in [1.82, 2.24) is 0 Å². The fraction of sp³-hybridized carbons (Fsp3) is 0. The predicted molar refractivity (Wildman–Crippen MR) is 75.5 cm³/mol. The van der Waals surface area contributed by atoms with Crippen LogP contribution in [0.1, 0.15) is 0 Å². The third kappa shape index (κ3) is 2.31. The van der Waals surface area contributed by atoms with E-state index < -0.39 is 0 Å². The van der Waals surface area contributed by atoms with Crippen LogP contribution in [0.4, 0.5) is 0 Å². The second kappa shape index (κ2) is 4.66. The number of hydrogen-bond donors (Lipinski definition) is 3. The zero-order valence-corrected chi connectivity index (χ0v) is 10.4. The van der Waals surface area contributed by atoms with E-state index in [1.54, 1.807) is 30.3 Å². The summed E-state index contributed by atoms with van der Waals surface area (Å²) in [6, 6.07) is 14.5. The molecular weight excluding hydrogens is 256 g/mol. The Morgan fingerprint density at radius 3 is 2.20 bits per heavy atom. The molecule has 0 saturated heterocycles. The third-order valence-corrected chi connectivity index (χ3v) is 2.97. The number of phenolic OH excluding ortho intramolecular Hbond substituents is 3. The van der Waals surface area contributed by atoms with Gasteiger partial charge in [-0.05, 0) is 47.2 Å². The van der Waals surface area contributed by atoms with E-state index in [1.165, 1.54) is 18.2 Å². The molecule has 0 bridgehead atoms. The molecular formula is C16H12O4. The minimum atomic E-state index is -0.0567. The number of benzene rings is 3. The first-order valence-corrected chi connectivity index (χ1v) is 6.04. The van der Waals surface area contributed by atoms with Gasteiger partial charge >= 0.3 is 0 Å². The third-order valence-electron chi connectivity index (χ3n) is 2.97. The summed E-state index contributed by atoms with van der Waals surface area (Å²) in [6.07, 6.45) is 0. The van der Waals surface area contributed by atoms with Crippen LogP contribution in [0.2, 0.25) is 0 Å². The Morgan fingerprint density at radius 2 is 1.35 bits per heavy atom. The van der Waals surface area contributed by atoms with Crippen molar-refractivity contribution < 1.29 is 20.1 Å². The molecule has 0 spiro atoms. The average Bonchev–Trinajstić information content (AvgIpc) is 2.42. The first kappa shape index (κ1) is 12.2. The molecule has 20 heavy (non-hydrogen) atoms. The quantitative estimate of drug-likeness (QED) is 0.619. The summed E-state index contributed by atoms with van der Waals surface area (Å²) in [5, 5.41) is 30.3. The minimum Gasteiger partial charge on any atom is -0.508 e. The lowest BCUT2D eigenvalue weighted by Gasteiger charge is -2.09. The second-order valence-corrected chi connectivity index (χ2v) is 4.45. The molecule has 0 aliphatic carbocycles. The smallest absolute Gasteiger partial charge is 0.172 e. The van der Waals surface area contributed by atoms with Gasteiger partial charge in [-0.1, -0.05) is 12.1 Å². The highest BCUT2D eigenvalue weighted by Gasteiger charge is 2.06. The molecule has 0 atom stereocenters. The number of phenols is 3. The topological polar surface area (TPSA) is 69.9 Å².